The molecule has 10 nitrogen and oxygen atoms in total. The van der Waals surface area contributed by atoms with Crippen molar-refractivity contribution >= 4 is 16.0 Å². The molecule has 1 aliphatic heterocycles. The van der Waals surface area contributed by atoms with E-state index in [1.54, 1.807) is 12.1 Å². The van der Waals surface area contributed by atoms with Gasteiger partial charge >= 0.3 is 0 Å². The van der Waals surface area contributed by atoms with Crippen molar-refractivity contribution in [3.63, 3.8) is 0 Å². The maximum atomic E-state index is 12.4. The predicted molar refractivity (Wildman–Crippen MR) is 87.7 cm³/mol. The van der Waals surface area contributed by atoms with Crippen LogP contribution in [0.4, 0.5) is 5.95 Å². The number of likely N-dealkylation sites (N-methyl/N-ethyl adjacent to an activating group) is 1. The summed E-state index contributed by atoms with van der Waals surface area (Å²) in [7, 11) is -1.89. The molecule has 3 aromatic rings. The molecular formula is C14H15N7O3S. The number of benzene rings is 1. The Balaban J connectivity index is 1.75. The molecule has 0 saturated carbocycles. The van der Waals surface area contributed by atoms with Crippen molar-refractivity contribution in [2.24, 2.45) is 0 Å². The first-order valence-corrected chi connectivity index (χ1v) is 9.04. The summed E-state index contributed by atoms with van der Waals surface area (Å²) in [6.07, 6.45) is 1.89. The highest BCUT2D eigenvalue weighted by Gasteiger charge is 2.29. The maximum Gasteiger partial charge on any atom is 0.266 e. The van der Waals surface area contributed by atoms with Crippen LogP contribution in [0.3, 0.4) is 0 Å². The monoisotopic (exact) mass is 361 g/mol. The Kier molecular flexibility index (Phi) is 3.54. The highest BCUT2D eigenvalue weighted by Crippen LogP contribution is 2.32. The zero-order valence-electron chi connectivity index (χ0n) is 13.5. The molecule has 1 aromatic carbocycles. The average Bonchev–Trinajstić information content (AvgIpc) is 3.23. The molecule has 0 fully saturated rings. The van der Waals surface area contributed by atoms with E-state index in [1.807, 2.05) is 14.0 Å². The van der Waals surface area contributed by atoms with Gasteiger partial charge in [0, 0.05) is 18.0 Å². The molecule has 0 spiro atoms. The highest BCUT2D eigenvalue weighted by molar-refractivity contribution is 7.93. The van der Waals surface area contributed by atoms with Crippen molar-refractivity contribution in [2.75, 3.05) is 11.8 Å². The van der Waals surface area contributed by atoms with Crippen molar-refractivity contribution in [3.05, 3.63) is 30.4 Å². The molecule has 2 N–H and O–H groups in total. The van der Waals surface area contributed by atoms with E-state index in [0.717, 1.165) is 0 Å². The molecule has 1 atom stereocenters. The normalized spacial score (nSPS) is 15.9. The molecule has 0 bridgehead atoms. The molecule has 0 saturated heterocycles. The molecular weight excluding hydrogens is 346 g/mol. The minimum Gasteiger partial charge on any atom is -0.334 e. The van der Waals surface area contributed by atoms with Gasteiger partial charge in [-0.05, 0) is 32.2 Å². The minimum atomic E-state index is -3.75. The smallest absolute Gasteiger partial charge is 0.266 e. The van der Waals surface area contributed by atoms with Crippen LogP contribution in [0.25, 0.3) is 17.1 Å². The lowest BCUT2D eigenvalue weighted by Gasteiger charge is -2.18. The van der Waals surface area contributed by atoms with Gasteiger partial charge < -0.3 is 9.84 Å². The standard InChI is InChI=1S/C14H15N7O3S/c1-8(15-2)5-12-18-13(24-19-12)9-3-4-10-11(6-9)25(22,23)20-14-16-7-17-21(10)14/h3-4,6-8,15H,5H2,1-2H3,(H,16,17,20). The van der Waals surface area contributed by atoms with Crippen molar-refractivity contribution in [1.29, 1.82) is 0 Å². The van der Waals surface area contributed by atoms with Gasteiger partial charge in [0.1, 0.15) is 11.2 Å². The van der Waals surface area contributed by atoms with Crippen molar-refractivity contribution in [3.8, 4) is 17.1 Å². The van der Waals surface area contributed by atoms with Crippen LogP contribution in [0.1, 0.15) is 12.7 Å². The van der Waals surface area contributed by atoms with Crippen molar-refractivity contribution in [2.45, 2.75) is 24.3 Å². The quantitative estimate of drug-likeness (QED) is 0.691. The van der Waals surface area contributed by atoms with Crippen LogP contribution >= 0.6 is 0 Å². The second-order valence-corrected chi connectivity index (χ2v) is 7.34. The van der Waals surface area contributed by atoms with E-state index < -0.39 is 10.0 Å². The summed E-state index contributed by atoms with van der Waals surface area (Å²) < 4.78 is 34.0. The molecule has 130 valence electrons. The van der Waals surface area contributed by atoms with Gasteiger partial charge in [-0.1, -0.05) is 5.16 Å². The Hall–Kier alpha value is -2.79. The first-order valence-electron chi connectivity index (χ1n) is 7.55. The Bertz CT molecular complexity index is 1040. The lowest BCUT2D eigenvalue weighted by Crippen LogP contribution is -2.24. The molecule has 1 aliphatic rings. The first kappa shape index (κ1) is 15.7. The number of fused-ring (bicyclic) bond motifs is 3. The fraction of sp³-hybridized carbons (Fsp3) is 0.286. The lowest BCUT2D eigenvalue weighted by molar-refractivity contribution is 0.418. The Labute approximate surface area is 143 Å². The summed E-state index contributed by atoms with van der Waals surface area (Å²) in [5.74, 6) is 0.969. The fourth-order valence-corrected chi connectivity index (χ4v) is 3.73. The third kappa shape index (κ3) is 2.66. The van der Waals surface area contributed by atoms with Gasteiger partial charge in [0.15, 0.2) is 5.82 Å². The summed E-state index contributed by atoms with van der Waals surface area (Å²) in [6, 6.07) is 5.04. The molecule has 2 aromatic heterocycles. The highest BCUT2D eigenvalue weighted by atomic mass is 32.2. The molecule has 3 heterocycles. The number of anilines is 1. The zero-order valence-corrected chi connectivity index (χ0v) is 14.3. The van der Waals surface area contributed by atoms with E-state index in [9.17, 15) is 8.42 Å². The van der Waals surface area contributed by atoms with E-state index in [2.05, 4.69) is 30.3 Å². The van der Waals surface area contributed by atoms with Gasteiger partial charge in [0.2, 0.25) is 5.95 Å². The van der Waals surface area contributed by atoms with Gasteiger partial charge in [0.25, 0.3) is 15.9 Å². The van der Waals surface area contributed by atoms with E-state index in [0.29, 0.717) is 23.5 Å². The van der Waals surface area contributed by atoms with E-state index >= 15 is 0 Å². The second-order valence-electron chi connectivity index (χ2n) is 5.69. The number of hydrogen-bond acceptors (Lipinski definition) is 8. The Morgan fingerprint density at radius 1 is 1.40 bits per heavy atom. The van der Waals surface area contributed by atoms with E-state index in [4.69, 9.17) is 4.52 Å². The van der Waals surface area contributed by atoms with Gasteiger partial charge in [-0.25, -0.2) is 13.1 Å². The summed E-state index contributed by atoms with van der Waals surface area (Å²) in [4.78, 5) is 8.29. The summed E-state index contributed by atoms with van der Waals surface area (Å²) >= 11 is 0. The molecule has 1 unspecified atom stereocenters. The van der Waals surface area contributed by atoms with Crippen LogP contribution in [-0.4, -0.2) is 46.4 Å². The molecule has 0 amide bonds. The second kappa shape index (κ2) is 5.63. The van der Waals surface area contributed by atoms with E-state index in [1.165, 1.54) is 17.1 Å². The zero-order chi connectivity index (χ0) is 17.6. The van der Waals surface area contributed by atoms with E-state index in [-0.39, 0.29) is 22.8 Å². The predicted octanol–water partition coefficient (Wildman–Crippen LogP) is 0.582. The van der Waals surface area contributed by atoms with Crippen molar-refractivity contribution < 1.29 is 12.9 Å². The maximum absolute atomic E-state index is 12.4. The van der Waals surface area contributed by atoms with Gasteiger partial charge in [0.05, 0.1) is 5.69 Å². The average molecular weight is 361 g/mol. The van der Waals surface area contributed by atoms with Crippen LogP contribution in [0.15, 0.2) is 33.9 Å². The number of aromatic nitrogens is 5. The number of nitrogens with one attached hydrogen (secondary N) is 2. The Morgan fingerprint density at radius 2 is 2.24 bits per heavy atom. The third-order valence-electron chi connectivity index (χ3n) is 3.95. The van der Waals surface area contributed by atoms with Crippen molar-refractivity contribution in [1.82, 2.24) is 30.2 Å². The van der Waals surface area contributed by atoms with Crippen LogP contribution in [0, 0.1) is 0 Å². The minimum absolute atomic E-state index is 0.0753. The first-order chi connectivity index (χ1) is 12.0. The SMILES string of the molecule is CNC(C)Cc1noc(-c2ccc3c(c2)S(=O)(=O)Nc2ncnn2-3)n1. The van der Waals surface area contributed by atoms with Crippen LogP contribution < -0.4 is 10.0 Å². The fourth-order valence-electron chi connectivity index (χ4n) is 2.53. The summed E-state index contributed by atoms with van der Waals surface area (Å²) in [5, 5.41) is 11.1. The number of nitrogens with zero attached hydrogens (tertiary/aromatic N) is 5. The van der Waals surface area contributed by atoms with Gasteiger partial charge in [-0.15, -0.1) is 0 Å². The summed E-state index contributed by atoms with van der Waals surface area (Å²) in [6.45, 7) is 2.00. The number of rotatable bonds is 4. The lowest BCUT2D eigenvalue weighted by atomic mass is 10.2. The van der Waals surface area contributed by atoms with Crippen LogP contribution in [0.2, 0.25) is 0 Å². The molecule has 11 heteroatoms. The van der Waals surface area contributed by atoms with Crippen LogP contribution in [-0.2, 0) is 16.4 Å². The molecule has 4 rings (SSSR count). The number of hydrogen-bond donors (Lipinski definition) is 2. The molecule has 0 aliphatic carbocycles. The Morgan fingerprint density at radius 3 is 3.04 bits per heavy atom. The largest absolute Gasteiger partial charge is 0.334 e. The topological polar surface area (TPSA) is 128 Å². The van der Waals surface area contributed by atoms with Gasteiger partial charge in [-0.3, -0.25) is 0 Å². The molecule has 25 heavy (non-hydrogen) atoms. The van der Waals surface area contributed by atoms with Gasteiger partial charge in [-0.2, -0.15) is 19.7 Å². The number of sulfonamides is 1. The molecule has 0 radical (unpaired) electrons. The van der Waals surface area contributed by atoms with Crippen LogP contribution in [0.5, 0.6) is 0 Å². The summed E-state index contributed by atoms with van der Waals surface area (Å²) in [5.41, 5.74) is 0.932. The third-order valence-corrected chi connectivity index (χ3v) is 5.30.